The van der Waals surface area contributed by atoms with E-state index >= 15 is 0 Å². The fourth-order valence-corrected chi connectivity index (χ4v) is 2.58. The van der Waals surface area contributed by atoms with Gasteiger partial charge >= 0.3 is 0 Å². The summed E-state index contributed by atoms with van der Waals surface area (Å²) in [6, 6.07) is 0. The molecule has 1 aliphatic heterocycles. The molecule has 0 amide bonds. The Labute approximate surface area is 124 Å². The molecule has 1 saturated heterocycles. The molecule has 0 aromatic carbocycles. The van der Waals surface area contributed by atoms with Crippen molar-refractivity contribution < 1.29 is 4.74 Å². The molecule has 0 radical (unpaired) electrons. The van der Waals surface area contributed by atoms with Crippen molar-refractivity contribution >= 4 is 5.96 Å². The molecule has 2 N–H and O–H groups in total. The SMILES string of the molecule is CCCN1CCC(CNC(=NC)NCCOCC)CC1. The predicted molar refractivity (Wildman–Crippen MR) is 85.3 cm³/mol. The van der Waals surface area contributed by atoms with E-state index < -0.39 is 0 Å². The molecule has 1 aliphatic rings. The second-order valence-corrected chi connectivity index (χ2v) is 5.36. The number of likely N-dealkylation sites (tertiary alicyclic amines) is 1. The van der Waals surface area contributed by atoms with Gasteiger partial charge in [0.15, 0.2) is 5.96 Å². The lowest BCUT2D eigenvalue weighted by molar-refractivity contribution is 0.152. The molecule has 118 valence electrons. The van der Waals surface area contributed by atoms with E-state index in [2.05, 4.69) is 27.4 Å². The summed E-state index contributed by atoms with van der Waals surface area (Å²) in [4.78, 5) is 6.82. The monoisotopic (exact) mass is 284 g/mol. The molecule has 5 heteroatoms. The third-order valence-electron chi connectivity index (χ3n) is 3.77. The Morgan fingerprint density at radius 3 is 2.60 bits per heavy atom. The Morgan fingerprint density at radius 1 is 1.25 bits per heavy atom. The normalized spacial score (nSPS) is 18.2. The Kier molecular flexibility index (Phi) is 9.41. The molecule has 0 saturated carbocycles. The molecule has 1 fully saturated rings. The van der Waals surface area contributed by atoms with Gasteiger partial charge in [-0.3, -0.25) is 4.99 Å². The average molecular weight is 284 g/mol. The van der Waals surface area contributed by atoms with E-state index in [1.165, 1.54) is 38.9 Å². The second-order valence-electron chi connectivity index (χ2n) is 5.36. The van der Waals surface area contributed by atoms with Gasteiger partial charge < -0.3 is 20.3 Å². The first kappa shape index (κ1) is 17.2. The number of aliphatic imine (C=N–C) groups is 1. The first-order valence-electron chi connectivity index (χ1n) is 8.04. The Morgan fingerprint density at radius 2 is 2.00 bits per heavy atom. The van der Waals surface area contributed by atoms with Crippen molar-refractivity contribution in [3.8, 4) is 0 Å². The smallest absolute Gasteiger partial charge is 0.191 e. The van der Waals surface area contributed by atoms with Crippen LogP contribution in [0, 0.1) is 5.92 Å². The van der Waals surface area contributed by atoms with Crippen molar-refractivity contribution in [2.24, 2.45) is 10.9 Å². The summed E-state index contributed by atoms with van der Waals surface area (Å²) < 4.78 is 5.31. The Hall–Kier alpha value is -0.810. The van der Waals surface area contributed by atoms with Crippen LogP contribution >= 0.6 is 0 Å². The van der Waals surface area contributed by atoms with Crippen LogP contribution in [0.25, 0.3) is 0 Å². The van der Waals surface area contributed by atoms with Crippen molar-refractivity contribution in [1.29, 1.82) is 0 Å². The number of ether oxygens (including phenoxy) is 1. The maximum absolute atomic E-state index is 5.31. The predicted octanol–water partition coefficient (Wildman–Crippen LogP) is 1.31. The zero-order chi connectivity index (χ0) is 14.6. The molecule has 0 aromatic heterocycles. The van der Waals surface area contributed by atoms with Gasteiger partial charge in [0, 0.05) is 26.7 Å². The zero-order valence-electron chi connectivity index (χ0n) is 13.5. The van der Waals surface area contributed by atoms with E-state index in [4.69, 9.17) is 4.74 Å². The number of hydrogen-bond donors (Lipinski definition) is 2. The van der Waals surface area contributed by atoms with Crippen LogP contribution in [-0.4, -0.2) is 63.8 Å². The van der Waals surface area contributed by atoms with Gasteiger partial charge in [-0.2, -0.15) is 0 Å². The first-order valence-corrected chi connectivity index (χ1v) is 8.04. The highest BCUT2D eigenvalue weighted by molar-refractivity contribution is 5.79. The average Bonchev–Trinajstić information content (AvgIpc) is 2.48. The van der Waals surface area contributed by atoms with Crippen LogP contribution < -0.4 is 10.6 Å². The van der Waals surface area contributed by atoms with E-state index in [1.807, 2.05) is 14.0 Å². The van der Waals surface area contributed by atoms with Crippen molar-refractivity contribution in [3.63, 3.8) is 0 Å². The highest BCUT2D eigenvalue weighted by Gasteiger charge is 2.18. The Bertz CT molecular complexity index is 263. The molecule has 5 nitrogen and oxygen atoms in total. The molecule has 20 heavy (non-hydrogen) atoms. The lowest BCUT2D eigenvalue weighted by Crippen LogP contribution is -2.43. The molecule has 0 aliphatic carbocycles. The minimum absolute atomic E-state index is 0.729. The fourth-order valence-electron chi connectivity index (χ4n) is 2.58. The van der Waals surface area contributed by atoms with Crippen LogP contribution in [0.1, 0.15) is 33.1 Å². The number of piperidine rings is 1. The van der Waals surface area contributed by atoms with Crippen LogP contribution in [0.4, 0.5) is 0 Å². The van der Waals surface area contributed by atoms with Crippen LogP contribution in [0.5, 0.6) is 0 Å². The van der Waals surface area contributed by atoms with Gasteiger partial charge in [-0.15, -0.1) is 0 Å². The molecule has 0 unspecified atom stereocenters. The van der Waals surface area contributed by atoms with Gasteiger partial charge in [-0.1, -0.05) is 6.92 Å². The van der Waals surface area contributed by atoms with E-state index in [0.717, 1.165) is 38.2 Å². The number of guanidine groups is 1. The van der Waals surface area contributed by atoms with Gasteiger partial charge in [0.2, 0.25) is 0 Å². The summed E-state index contributed by atoms with van der Waals surface area (Å²) in [5, 5.41) is 6.70. The molecule has 0 spiro atoms. The van der Waals surface area contributed by atoms with Crippen molar-refractivity contribution in [3.05, 3.63) is 0 Å². The maximum atomic E-state index is 5.31. The first-order chi connectivity index (χ1) is 9.80. The minimum atomic E-state index is 0.729. The van der Waals surface area contributed by atoms with Crippen LogP contribution in [0.3, 0.4) is 0 Å². The number of nitrogens with zero attached hydrogens (tertiary/aromatic N) is 2. The summed E-state index contributed by atoms with van der Waals surface area (Å²) in [5.74, 6) is 1.66. The quantitative estimate of drug-likeness (QED) is 0.401. The molecule has 1 rings (SSSR count). The van der Waals surface area contributed by atoms with Crippen molar-refractivity contribution in [2.75, 3.05) is 53.0 Å². The number of hydrogen-bond acceptors (Lipinski definition) is 3. The third kappa shape index (κ3) is 7.10. The molecule has 0 bridgehead atoms. The summed E-state index contributed by atoms with van der Waals surface area (Å²) in [6.07, 6.45) is 3.85. The lowest BCUT2D eigenvalue weighted by atomic mass is 9.97. The minimum Gasteiger partial charge on any atom is -0.380 e. The van der Waals surface area contributed by atoms with E-state index in [9.17, 15) is 0 Å². The highest BCUT2D eigenvalue weighted by atomic mass is 16.5. The van der Waals surface area contributed by atoms with Crippen LogP contribution in [0.15, 0.2) is 4.99 Å². The highest BCUT2D eigenvalue weighted by Crippen LogP contribution is 2.16. The number of rotatable bonds is 8. The molecular formula is C15H32N4O. The topological polar surface area (TPSA) is 48.9 Å². The standard InChI is InChI=1S/C15H32N4O/c1-4-9-19-10-6-14(7-11-19)13-18-15(16-3)17-8-12-20-5-2/h14H,4-13H2,1-3H3,(H2,16,17,18). The fraction of sp³-hybridized carbons (Fsp3) is 0.933. The van der Waals surface area contributed by atoms with Gasteiger partial charge in [0.1, 0.15) is 0 Å². The summed E-state index contributed by atoms with van der Waals surface area (Å²) in [6.45, 7) is 11.3. The van der Waals surface area contributed by atoms with Gasteiger partial charge in [0.05, 0.1) is 6.61 Å². The third-order valence-corrected chi connectivity index (χ3v) is 3.77. The molecular weight excluding hydrogens is 252 g/mol. The lowest BCUT2D eigenvalue weighted by Gasteiger charge is -2.32. The van der Waals surface area contributed by atoms with Crippen molar-refractivity contribution in [1.82, 2.24) is 15.5 Å². The zero-order valence-corrected chi connectivity index (χ0v) is 13.5. The summed E-state index contributed by atoms with van der Waals surface area (Å²) >= 11 is 0. The van der Waals surface area contributed by atoms with Gasteiger partial charge in [-0.25, -0.2) is 0 Å². The molecule has 0 atom stereocenters. The summed E-state index contributed by atoms with van der Waals surface area (Å²) in [7, 11) is 1.82. The largest absolute Gasteiger partial charge is 0.380 e. The van der Waals surface area contributed by atoms with Crippen molar-refractivity contribution in [2.45, 2.75) is 33.1 Å². The van der Waals surface area contributed by atoms with E-state index in [-0.39, 0.29) is 0 Å². The summed E-state index contributed by atoms with van der Waals surface area (Å²) in [5.41, 5.74) is 0. The van der Waals surface area contributed by atoms with E-state index in [0.29, 0.717) is 0 Å². The van der Waals surface area contributed by atoms with Crippen LogP contribution in [-0.2, 0) is 4.74 Å². The van der Waals surface area contributed by atoms with Crippen LogP contribution in [0.2, 0.25) is 0 Å². The van der Waals surface area contributed by atoms with Gasteiger partial charge in [0.25, 0.3) is 0 Å². The maximum Gasteiger partial charge on any atom is 0.191 e. The number of nitrogens with one attached hydrogen (secondary N) is 2. The van der Waals surface area contributed by atoms with Gasteiger partial charge in [-0.05, 0) is 51.7 Å². The molecule has 1 heterocycles. The van der Waals surface area contributed by atoms with E-state index in [1.54, 1.807) is 0 Å². The second kappa shape index (κ2) is 10.9. The molecule has 0 aromatic rings. The Balaban J connectivity index is 2.12.